The Morgan fingerprint density at radius 2 is 1.79 bits per heavy atom. The second kappa shape index (κ2) is 8.26. The molecule has 0 radical (unpaired) electrons. The highest BCUT2D eigenvalue weighted by atomic mass is 35.5. The molecule has 0 aliphatic heterocycles. The molecule has 6 heteroatoms. The van der Waals surface area contributed by atoms with Gasteiger partial charge in [0.05, 0.1) is 17.2 Å². The van der Waals surface area contributed by atoms with Crippen molar-refractivity contribution < 1.29 is 9.47 Å². The van der Waals surface area contributed by atoms with Gasteiger partial charge >= 0.3 is 0 Å². The van der Waals surface area contributed by atoms with E-state index in [1.54, 1.807) is 30.3 Å². The molecule has 0 bridgehead atoms. The third-order valence-corrected chi connectivity index (χ3v) is 3.86. The average Bonchev–Trinajstić information content (AvgIpc) is 2.61. The normalized spacial score (nSPS) is 9.54. The molecule has 2 aromatic carbocycles. The van der Waals surface area contributed by atoms with Crippen LogP contribution in [-0.4, -0.2) is 7.11 Å². The molecule has 0 aliphatic rings. The first kappa shape index (κ1) is 17.7. The average molecular weight is 359 g/mol. The molecule has 0 heterocycles. The third kappa shape index (κ3) is 4.43. The van der Waals surface area contributed by atoms with Crippen molar-refractivity contribution in [3.8, 4) is 23.6 Å². The van der Waals surface area contributed by atoms with Gasteiger partial charge < -0.3 is 9.47 Å². The van der Waals surface area contributed by atoms with E-state index in [9.17, 15) is 0 Å². The van der Waals surface area contributed by atoms with E-state index in [2.05, 4.69) is 0 Å². The topological polar surface area (TPSA) is 66.0 Å². The second-order valence-corrected chi connectivity index (χ2v) is 5.54. The van der Waals surface area contributed by atoms with E-state index in [0.29, 0.717) is 33.7 Å². The molecule has 0 N–H and O–H groups in total. The van der Waals surface area contributed by atoms with Crippen molar-refractivity contribution in [1.82, 2.24) is 0 Å². The van der Waals surface area contributed by atoms with Gasteiger partial charge in [0.25, 0.3) is 0 Å². The molecule has 120 valence electrons. The lowest BCUT2D eigenvalue weighted by molar-refractivity contribution is 0.284. The summed E-state index contributed by atoms with van der Waals surface area (Å²) in [5, 5.41) is 18.6. The van der Waals surface area contributed by atoms with E-state index < -0.39 is 0 Å². The van der Waals surface area contributed by atoms with Crippen LogP contribution in [0.2, 0.25) is 10.0 Å². The summed E-state index contributed by atoms with van der Waals surface area (Å²) in [6.45, 7) is 0.296. The highest BCUT2D eigenvalue weighted by Gasteiger charge is 2.07. The Labute approximate surface area is 150 Å². The number of allylic oxidation sites excluding steroid dienone is 1. The Morgan fingerprint density at radius 3 is 2.42 bits per heavy atom. The maximum absolute atomic E-state index is 8.80. The van der Waals surface area contributed by atoms with Gasteiger partial charge in [-0.1, -0.05) is 35.3 Å². The molecule has 0 aliphatic carbocycles. The number of hydrogen-bond donors (Lipinski definition) is 0. The lowest BCUT2D eigenvalue weighted by Gasteiger charge is -2.12. The zero-order chi connectivity index (χ0) is 17.5. The van der Waals surface area contributed by atoms with E-state index in [4.69, 9.17) is 43.2 Å². The zero-order valence-corrected chi connectivity index (χ0v) is 14.2. The van der Waals surface area contributed by atoms with Crippen LogP contribution in [0.1, 0.15) is 11.1 Å². The van der Waals surface area contributed by atoms with E-state index in [1.165, 1.54) is 13.2 Å². The molecule has 0 unspecified atom stereocenters. The standard InChI is InChI=1S/C18H12Cl2N2O2/c1-23-18-8-12(6-14(9-21)10-22)3-5-17(18)24-11-13-2-4-15(19)16(20)7-13/h2-8H,11H2,1H3. The maximum Gasteiger partial charge on any atom is 0.161 e. The predicted molar refractivity (Wildman–Crippen MR) is 93.0 cm³/mol. The predicted octanol–water partition coefficient (Wildman–Crippen LogP) is 5.01. The number of rotatable bonds is 5. The third-order valence-electron chi connectivity index (χ3n) is 3.12. The van der Waals surface area contributed by atoms with Crippen molar-refractivity contribution >= 4 is 29.3 Å². The van der Waals surface area contributed by atoms with Crippen LogP contribution in [0.15, 0.2) is 42.0 Å². The molecular weight excluding hydrogens is 347 g/mol. The fourth-order valence-corrected chi connectivity index (χ4v) is 2.26. The van der Waals surface area contributed by atoms with Gasteiger partial charge in [0.15, 0.2) is 11.5 Å². The number of ether oxygens (including phenoxy) is 2. The summed E-state index contributed by atoms with van der Waals surface area (Å²) in [4.78, 5) is 0. The molecule has 24 heavy (non-hydrogen) atoms. The summed E-state index contributed by atoms with van der Waals surface area (Å²) in [6, 6.07) is 14.0. The Morgan fingerprint density at radius 1 is 1.04 bits per heavy atom. The summed E-state index contributed by atoms with van der Waals surface area (Å²) in [7, 11) is 1.52. The summed E-state index contributed by atoms with van der Waals surface area (Å²) >= 11 is 11.9. The molecule has 0 spiro atoms. The van der Waals surface area contributed by atoms with Crippen molar-refractivity contribution in [3.05, 3.63) is 63.1 Å². The summed E-state index contributed by atoms with van der Waals surface area (Å²) in [5.74, 6) is 1.04. The highest BCUT2D eigenvalue weighted by molar-refractivity contribution is 6.42. The number of nitriles is 2. The monoisotopic (exact) mass is 358 g/mol. The minimum absolute atomic E-state index is 0.0153. The molecule has 2 rings (SSSR count). The Hall–Kier alpha value is -2.66. The first-order valence-electron chi connectivity index (χ1n) is 6.84. The second-order valence-electron chi connectivity index (χ2n) is 4.73. The van der Waals surface area contributed by atoms with E-state index >= 15 is 0 Å². The fourth-order valence-electron chi connectivity index (χ4n) is 1.94. The van der Waals surface area contributed by atoms with Crippen LogP contribution in [-0.2, 0) is 6.61 Å². The van der Waals surface area contributed by atoms with Crippen LogP contribution in [0.3, 0.4) is 0 Å². The Bertz CT molecular complexity index is 848. The fraction of sp³-hybridized carbons (Fsp3) is 0.111. The molecule has 4 nitrogen and oxygen atoms in total. The lowest BCUT2D eigenvalue weighted by Crippen LogP contribution is -1.98. The molecule has 0 fully saturated rings. The van der Waals surface area contributed by atoms with Gasteiger partial charge in [0.1, 0.15) is 24.3 Å². The van der Waals surface area contributed by atoms with Gasteiger partial charge in [-0.05, 0) is 41.5 Å². The maximum atomic E-state index is 8.80. The van der Waals surface area contributed by atoms with Gasteiger partial charge in [0.2, 0.25) is 0 Å². The van der Waals surface area contributed by atoms with Crippen molar-refractivity contribution in [2.24, 2.45) is 0 Å². The van der Waals surface area contributed by atoms with Gasteiger partial charge in [-0.3, -0.25) is 0 Å². The Kier molecular flexibility index (Phi) is 6.09. The van der Waals surface area contributed by atoms with Gasteiger partial charge in [-0.15, -0.1) is 0 Å². The van der Waals surface area contributed by atoms with Crippen LogP contribution in [0.5, 0.6) is 11.5 Å². The van der Waals surface area contributed by atoms with Crippen LogP contribution in [0, 0.1) is 22.7 Å². The molecule has 0 aromatic heterocycles. The number of benzene rings is 2. The van der Waals surface area contributed by atoms with Gasteiger partial charge in [-0.2, -0.15) is 10.5 Å². The number of hydrogen-bond acceptors (Lipinski definition) is 4. The summed E-state index contributed by atoms with van der Waals surface area (Å²) in [5.41, 5.74) is 1.56. The van der Waals surface area contributed by atoms with Crippen LogP contribution in [0.4, 0.5) is 0 Å². The van der Waals surface area contributed by atoms with Crippen LogP contribution < -0.4 is 9.47 Å². The number of halogens is 2. The summed E-state index contributed by atoms with van der Waals surface area (Å²) in [6.07, 6.45) is 1.48. The van der Waals surface area contributed by atoms with Crippen molar-refractivity contribution in [2.75, 3.05) is 7.11 Å². The SMILES string of the molecule is COc1cc(C=C(C#N)C#N)ccc1OCc1ccc(Cl)c(Cl)c1. The summed E-state index contributed by atoms with van der Waals surface area (Å²) < 4.78 is 11.0. The quantitative estimate of drug-likeness (QED) is 0.704. The molecule has 2 aromatic rings. The lowest BCUT2D eigenvalue weighted by atomic mass is 10.1. The first-order chi connectivity index (χ1) is 11.6. The smallest absolute Gasteiger partial charge is 0.161 e. The Balaban J connectivity index is 2.19. The van der Waals surface area contributed by atoms with Crippen molar-refractivity contribution in [3.63, 3.8) is 0 Å². The minimum atomic E-state index is 0.0153. The molecule has 0 saturated carbocycles. The minimum Gasteiger partial charge on any atom is -0.493 e. The first-order valence-corrected chi connectivity index (χ1v) is 7.59. The molecule has 0 amide bonds. The van der Waals surface area contributed by atoms with E-state index in [-0.39, 0.29) is 5.57 Å². The molecule has 0 atom stereocenters. The molecule has 0 saturated heterocycles. The van der Waals surface area contributed by atoms with Gasteiger partial charge in [0, 0.05) is 0 Å². The molecular formula is C18H12Cl2N2O2. The van der Waals surface area contributed by atoms with Gasteiger partial charge in [-0.25, -0.2) is 0 Å². The van der Waals surface area contributed by atoms with Crippen molar-refractivity contribution in [1.29, 1.82) is 10.5 Å². The van der Waals surface area contributed by atoms with Crippen molar-refractivity contribution in [2.45, 2.75) is 6.61 Å². The van der Waals surface area contributed by atoms with Crippen LogP contribution in [0.25, 0.3) is 6.08 Å². The highest BCUT2D eigenvalue weighted by Crippen LogP contribution is 2.30. The number of methoxy groups -OCH3 is 1. The number of nitrogens with zero attached hydrogens (tertiary/aromatic N) is 2. The van der Waals surface area contributed by atoms with E-state index in [1.807, 2.05) is 18.2 Å². The largest absolute Gasteiger partial charge is 0.493 e. The van der Waals surface area contributed by atoms with Crippen LogP contribution >= 0.6 is 23.2 Å². The zero-order valence-electron chi connectivity index (χ0n) is 12.7. The van der Waals surface area contributed by atoms with E-state index in [0.717, 1.165) is 5.56 Å².